The van der Waals surface area contributed by atoms with E-state index in [0.29, 0.717) is 6.42 Å². The second-order valence-corrected chi connectivity index (χ2v) is 5.46. The molecule has 1 rings (SSSR count). The smallest absolute Gasteiger partial charge is 0.134 e. The molecule has 0 aromatic heterocycles. The quantitative estimate of drug-likeness (QED) is 0.635. The number of Topliss-reactive ketones (excluding diaryl/α,β-unsaturated/α-hetero) is 1. The molecular formula is C13H22O4. The van der Waals surface area contributed by atoms with Gasteiger partial charge < -0.3 is 15.3 Å². The fourth-order valence-corrected chi connectivity index (χ4v) is 2.57. The molecule has 0 saturated heterocycles. The zero-order chi connectivity index (χ0) is 13.3. The van der Waals surface area contributed by atoms with E-state index in [-0.39, 0.29) is 24.7 Å². The fourth-order valence-electron chi connectivity index (χ4n) is 2.57. The van der Waals surface area contributed by atoms with Crippen molar-refractivity contribution in [2.24, 2.45) is 11.3 Å². The van der Waals surface area contributed by atoms with E-state index in [0.717, 1.165) is 0 Å². The molecule has 0 bridgehead atoms. The molecule has 4 atom stereocenters. The van der Waals surface area contributed by atoms with E-state index in [1.807, 2.05) is 0 Å². The van der Waals surface area contributed by atoms with Crippen LogP contribution in [0.2, 0.25) is 0 Å². The van der Waals surface area contributed by atoms with Crippen LogP contribution in [0.4, 0.5) is 0 Å². The lowest BCUT2D eigenvalue weighted by Gasteiger charge is -2.49. The van der Waals surface area contributed by atoms with E-state index in [1.165, 1.54) is 12.2 Å². The number of carbonyl (C=O) groups excluding carboxylic acids is 1. The van der Waals surface area contributed by atoms with Gasteiger partial charge in [-0.05, 0) is 12.8 Å². The summed E-state index contributed by atoms with van der Waals surface area (Å²) >= 11 is 0. The average Bonchev–Trinajstić information content (AvgIpc) is 2.23. The van der Waals surface area contributed by atoms with Crippen LogP contribution in [-0.4, -0.2) is 39.4 Å². The first-order valence-corrected chi connectivity index (χ1v) is 5.97. The molecule has 0 unspecified atom stereocenters. The van der Waals surface area contributed by atoms with Crippen molar-refractivity contribution in [2.45, 2.75) is 45.3 Å². The lowest BCUT2D eigenvalue weighted by Crippen LogP contribution is -2.56. The molecule has 0 heterocycles. The maximum Gasteiger partial charge on any atom is 0.134 e. The van der Waals surface area contributed by atoms with Gasteiger partial charge in [0.25, 0.3) is 0 Å². The van der Waals surface area contributed by atoms with Crippen LogP contribution in [-0.2, 0) is 4.79 Å². The molecule has 4 heteroatoms. The summed E-state index contributed by atoms with van der Waals surface area (Å²) in [6.45, 7) is 4.82. The molecule has 3 N–H and O–H groups in total. The second-order valence-electron chi connectivity index (χ2n) is 5.46. The molecule has 1 aliphatic rings. The van der Waals surface area contributed by atoms with Crippen LogP contribution in [0.1, 0.15) is 33.6 Å². The van der Waals surface area contributed by atoms with Gasteiger partial charge in [-0.15, -0.1) is 0 Å². The van der Waals surface area contributed by atoms with Gasteiger partial charge in [-0.2, -0.15) is 0 Å². The molecule has 0 aliphatic heterocycles. The molecule has 1 fully saturated rings. The molecule has 0 aromatic rings. The minimum Gasteiger partial charge on any atom is -0.396 e. The standard InChI is InChI=1S/C13H22O4/c1-9-6-11(16)7-12(3,8-14)13(9,17)5-4-10(2)15/h4-5,9-10,14-15,17H,6-8H2,1-3H3/t9-,10-,12-,13+/m1/s1. The lowest BCUT2D eigenvalue weighted by atomic mass is 9.59. The summed E-state index contributed by atoms with van der Waals surface area (Å²) in [4.78, 5) is 11.6. The van der Waals surface area contributed by atoms with E-state index in [4.69, 9.17) is 0 Å². The predicted octanol–water partition coefficient (Wildman–Crippen LogP) is 0.652. The van der Waals surface area contributed by atoms with Crippen LogP contribution in [0.3, 0.4) is 0 Å². The SMILES string of the molecule is C[C@@H]1CC(=O)C[C@](C)(CO)[C@]1(O)C=C[C@@H](C)O. The maximum absolute atomic E-state index is 11.6. The summed E-state index contributed by atoms with van der Waals surface area (Å²) < 4.78 is 0. The van der Waals surface area contributed by atoms with Gasteiger partial charge in [0.1, 0.15) is 5.78 Å². The monoisotopic (exact) mass is 242 g/mol. The second kappa shape index (κ2) is 4.88. The number of aliphatic hydroxyl groups is 3. The third-order valence-electron chi connectivity index (χ3n) is 3.82. The van der Waals surface area contributed by atoms with Crippen molar-refractivity contribution in [1.82, 2.24) is 0 Å². The van der Waals surface area contributed by atoms with Crippen LogP contribution in [0.15, 0.2) is 12.2 Å². The van der Waals surface area contributed by atoms with Crippen LogP contribution < -0.4 is 0 Å². The number of ketones is 1. The molecule has 0 amide bonds. The van der Waals surface area contributed by atoms with E-state index in [1.54, 1.807) is 20.8 Å². The van der Waals surface area contributed by atoms with Crippen LogP contribution >= 0.6 is 0 Å². The number of aliphatic hydroxyl groups excluding tert-OH is 2. The first-order valence-electron chi connectivity index (χ1n) is 5.97. The van der Waals surface area contributed by atoms with Gasteiger partial charge in [-0.25, -0.2) is 0 Å². The molecule has 17 heavy (non-hydrogen) atoms. The minimum absolute atomic E-state index is 0.0594. The highest BCUT2D eigenvalue weighted by molar-refractivity contribution is 5.81. The third kappa shape index (κ3) is 2.59. The maximum atomic E-state index is 11.6. The predicted molar refractivity (Wildman–Crippen MR) is 64.4 cm³/mol. The molecule has 1 saturated carbocycles. The Labute approximate surface area is 102 Å². The van der Waals surface area contributed by atoms with E-state index in [2.05, 4.69) is 0 Å². The molecule has 0 aromatic carbocycles. The normalized spacial score (nSPS) is 40.8. The third-order valence-corrected chi connectivity index (χ3v) is 3.82. The Morgan fingerprint density at radius 1 is 1.59 bits per heavy atom. The molecule has 98 valence electrons. The summed E-state index contributed by atoms with van der Waals surface area (Å²) in [7, 11) is 0. The van der Waals surface area contributed by atoms with Crippen molar-refractivity contribution in [3.63, 3.8) is 0 Å². The van der Waals surface area contributed by atoms with Crippen molar-refractivity contribution in [3.05, 3.63) is 12.2 Å². The van der Waals surface area contributed by atoms with Crippen molar-refractivity contribution in [2.75, 3.05) is 6.61 Å². The first kappa shape index (κ1) is 14.4. The van der Waals surface area contributed by atoms with Gasteiger partial charge in [0, 0.05) is 18.3 Å². The van der Waals surface area contributed by atoms with E-state index in [9.17, 15) is 20.1 Å². The highest BCUT2D eigenvalue weighted by Crippen LogP contribution is 2.46. The van der Waals surface area contributed by atoms with E-state index >= 15 is 0 Å². The van der Waals surface area contributed by atoms with Gasteiger partial charge in [0.05, 0.1) is 18.3 Å². The zero-order valence-electron chi connectivity index (χ0n) is 10.7. The van der Waals surface area contributed by atoms with Gasteiger partial charge in [-0.1, -0.05) is 26.0 Å². The molecule has 0 radical (unpaired) electrons. The number of hydrogen-bond acceptors (Lipinski definition) is 4. The Morgan fingerprint density at radius 3 is 2.65 bits per heavy atom. The highest BCUT2D eigenvalue weighted by atomic mass is 16.3. The van der Waals surface area contributed by atoms with Gasteiger partial charge >= 0.3 is 0 Å². The topological polar surface area (TPSA) is 77.8 Å². The Morgan fingerprint density at radius 2 is 2.18 bits per heavy atom. The summed E-state index contributed by atoms with van der Waals surface area (Å²) in [6, 6.07) is 0. The Hall–Kier alpha value is -0.710. The van der Waals surface area contributed by atoms with Gasteiger partial charge in [-0.3, -0.25) is 4.79 Å². The first-order chi connectivity index (χ1) is 7.75. The summed E-state index contributed by atoms with van der Waals surface area (Å²) in [5.41, 5.74) is -2.14. The van der Waals surface area contributed by atoms with Gasteiger partial charge in [0.2, 0.25) is 0 Å². The summed E-state index contributed by atoms with van der Waals surface area (Å²) in [5, 5.41) is 29.4. The number of carbonyl (C=O) groups is 1. The zero-order valence-corrected chi connectivity index (χ0v) is 10.7. The van der Waals surface area contributed by atoms with Crippen molar-refractivity contribution in [3.8, 4) is 0 Å². The Kier molecular flexibility index (Phi) is 4.12. The fraction of sp³-hybridized carbons (Fsp3) is 0.769. The van der Waals surface area contributed by atoms with Crippen molar-refractivity contribution in [1.29, 1.82) is 0 Å². The summed E-state index contributed by atoms with van der Waals surface area (Å²) in [6.07, 6.45) is 2.84. The van der Waals surface area contributed by atoms with E-state index < -0.39 is 17.1 Å². The van der Waals surface area contributed by atoms with Crippen LogP contribution in [0.5, 0.6) is 0 Å². The largest absolute Gasteiger partial charge is 0.396 e. The van der Waals surface area contributed by atoms with Crippen molar-refractivity contribution < 1.29 is 20.1 Å². The van der Waals surface area contributed by atoms with Crippen LogP contribution in [0, 0.1) is 11.3 Å². The highest BCUT2D eigenvalue weighted by Gasteiger charge is 2.53. The number of rotatable bonds is 3. The van der Waals surface area contributed by atoms with Crippen molar-refractivity contribution >= 4 is 5.78 Å². The Balaban J connectivity index is 3.10. The molecule has 0 spiro atoms. The summed E-state index contributed by atoms with van der Waals surface area (Å²) in [5.74, 6) is -0.208. The lowest BCUT2D eigenvalue weighted by molar-refractivity contribution is -0.152. The minimum atomic E-state index is -1.26. The molecule has 4 nitrogen and oxygen atoms in total. The van der Waals surface area contributed by atoms with Gasteiger partial charge in [0.15, 0.2) is 0 Å². The Bertz CT molecular complexity index is 323. The molecular weight excluding hydrogens is 220 g/mol. The number of hydrogen-bond donors (Lipinski definition) is 3. The molecule has 1 aliphatic carbocycles. The average molecular weight is 242 g/mol. The van der Waals surface area contributed by atoms with Crippen LogP contribution in [0.25, 0.3) is 0 Å².